The number of rotatable bonds is 3. The molecule has 4 aliphatic carbocycles. The van der Waals surface area contributed by atoms with Crippen molar-refractivity contribution in [3.05, 3.63) is 0 Å². The summed E-state index contributed by atoms with van der Waals surface area (Å²) < 4.78 is 0. The van der Waals surface area contributed by atoms with E-state index < -0.39 is 5.60 Å². The zero-order valence-electron chi connectivity index (χ0n) is 17.5. The molecule has 8 atom stereocenters. The number of ketones is 1. The maximum atomic E-state index is 12.2. The van der Waals surface area contributed by atoms with E-state index in [-0.39, 0.29) is 5.41 Å². The van der Waals surface area contributed by atoms with Crippen LogP contribution >= 0.6 is 0 Å². The summed E-state index contributed by atoms with van der Waals surface area (Å²) in [7, 11) is 0. The summed E-state index contributed by atoms with van der Waals surface area (Å²) in [6.07, 6.45) is 12.2. The smallest absolute Gasteiger partial charge is 0.133 e. The molecule has 3 unspecified atom stereocenters. The summed E-state index contributed by atoms with van der Waals surface area (Å²) in [5.74, 6) is 3.91. The first-order valence-electron chi connectivity index (χ1n) is 11.5. The van der Waals surface area contributed by atoms with Crippen molar-refractivity contribution >= 4 is 5.78 Å². The molecule has 2 heteroatoms. The molecule has 148 valence electrons. The van der Waals surface area contributed by atoms with Crippen LogP contribution in [0.2, 0.25) is 0 Å². The molecular formula is C24H40O2. The first-order chi connectivity index (χ1) is 12.3. The van der Waals surface area contributed by atoms with Crippen LogP contribution in [-0.4, -0.2) is 16.5 Å². The number of hydrogen-bond donors (Lipinski definition) is 1. The van der Waals surface area contributed by atoms with Crippen molar-refractivity contribution in [3.8, 4) is 0 Å². The summed E-state index contributed by atoms with van der Waals surface area (Å²) in [4.78, 5) is 12.2. The lowest BCUT2D eigenvalue weighted by Gasteiger charge is -2.62. The minimum absolute atomic E-state index is 0.125. The zero-order valence-corrected chi connectivity index (χ0v) is 17.5. The van der Waals surface area contributed by atoms with Gasteiger partial charge in [-0.15, -0.1) is 0 Å². The summed E-state index contributed by atoms with van der Waals surface area (Å²) in [5, 5.41) is 11.6. The Kier molecular flexibility index (Phi) is 4.61. The number of Topliss-reactive ketones (excluding diaryl/α,β-unsaturated/α-hetero) is 1. The van der Waals surface area contributed by atoms with E-state index in [9.17, 15) is 9.90 Å². The van der Waals surface area contributed by atoms with Gasteiger partial charge in [0, 0.05) is 12.8 Å². The highest BCUT2D eigenvalue weighted by Crippen LogP contribution is 2.69. The van der Waals surface area contributed by atoms with Crippen LogP contribution in [0.5, 0.6) is 0 Å². The van der Waals surface area contributed by atoms with E-state index in [1.807, 2.05) is 0 Å². The molecular weight excluding hydrogens is 320 g/mol. The van der Waals surface area contributed by atoms with Crippen LogP contribution in [0.25, 0.3) is 0 Å². The summed E-state index contributed by atoms with van der Waals surface area (Å²) in [6, 6.07) is 0. The first kappa shape index (κ1) is 19.0. The van der Waals surface area contributed by atoms with Gasteiger partial charge in [-0.1, -0.05) is 40.5 Å². The van der Waals surface area contributed by atoms with Crippen molar-refractivity contribution < 1.29 is 9.90 Å². The monoisotopic (exact) mass is 360 g/mol. The van der Waals surface area contributed by atoms with Gasteiger partial charge in [-0.3, -0.25) is 4.79 Å². The quantitative estimate of drug-likeness (QED) is 0.694. The van der Waals surface area contributed by atoms with E-state index in [0.29, 0.717) is 29.0 Å². The second-order valence-corrected chi connectivity index (χ2v) is 11.0. The van der Waals surface area contributed by atoms with Gasteiger partial charge in [-0.05, 0) is 85.4 Å². The van der Waals surface area contributed by atoms with Gasteiger partial charge in [0.25, 0.3) is 0 Å². The molecule has 26 heavy (non-hydrogen) atoms. The lowest BCUT2D eigenvalue weighted by Crippen LogP contribution is -2.58. The molecule has 0 aromatic rings. The van der Waals surface area contributed by atoms with Gasteiger partial charge >= 0.3 is 0 Å². The Hall–Kier alpha value is -0.370. The van der Waals surface area contributed by atoms with Crippen molar-refractivity contribution in [2.75, 3.05) is 0 Å². The summed E-state index contributed by atoms with van der Waals surface area (Å²) in [6.45, 7) is 9.56. The van der Waals surface area contributed by atoms with Gasteiger partial charge in [0.15, 0.2) is 0 Å². The van der Waals surface area contributed by atoms with E-state index in [0.717, 1.165) is 43.9 Å². The van der Waals surface area contributed by atoms with Gasteiger partial charge in [-0.2, -0.15) is 0 Å². The van der Waals surface area contributed by atoms with Gasteiger partial charge in [-0.25, -0.2) is 0 Å². The predicted molar refractivity (Wildman–Crippen MR) is 106 cm³/mol. The lowest BCUT2D eigenvalue weighted by molar-refractivity contribution is -0.169. The Bertz CT molecular complexity index is 571. The van der Waals surface area contributed by atoms with E-state index in [1.165, 1.54) is 38.5 Å². The third kappa shape index (κ3) is 2.43. The molecule has 4 fully saturated rings. The first-order valence-corrected chi connectivity index (χ1v) is 11.5. The zero-order chi connectivity index (χ0) is 18.7. The highest BCUT2D eigenvalue weighted by Gasteiger charge is 2.65. The van der Waals surface area contributed by atoms with Crippen LogP contribution in [0.4, 0.5) is 0 Å². The van der Waals surface area contributed by atoms with Crippen molar-refractivity contribution in [2.24, 2.45) is 40.4 Å². The fourth-order valence-electron chi connectivity index (χ4n) is 8.47. The predicted octanol–water partition coefficient (Wildman–Crippen LogP) is 5.77. The SMILES string of the molecule is CCCCC1(O)CC[C@H]2[C@@H]3CCC4CC(=O)CC(C)[C@]4(C)[C@@H]3CC[C@@]21C. The topological polar surface area (TPSA) is 37.3 Å². The molecule has 4 aliphatic rings. The Morgan fingerprint density at radius 1 is 1.04 bits per heavy atom. The fraction of sp³-hybridized carbons (Fsp3) is 0.958. The molecule has 0 bridgehead atoms. The van der Waals surface area contributed by atoms with Gasteiger partial charge in [0.1, 0.15) is 5.78 Å². The normalized spacial score (nSPS) is 53.7. The van der Waals surface area contributed by atoms with Crippen LogP contribution in [0, 0.1) is 40.4 Å². The van der Waals surface area contributed by atoms with Crippen LogP contribution < -0.4 is 0 Å². The Balaban J connectivity index is 1.62. The fourth-order valence-corrected chi connectivity index (χ4v) is 8.47. The van der Waals surface area contributed by atoms with E-state index in [4.69, 9.17) is 0 Å². The van der Waals surface area contributed by atoms with E-state index >= 15 is 0 Å². The molecule has 1 N–H and O–H groups in total. The minimum Gasteiger partial charge on any atom is -0.389 e. The number of aliphatic hydroxyl groups is 1. The maximum Gasteiger partial charge on any atom is 0.133 e. The highest BCUT2D eigenvalue weighted by molar-refractivity contribution is 5.80. The number of unbranched alkanes of at least 4 members (excludes halogenated alkanes) is 1. The number of fused-ring (bicyclic) bond motifs is 5. The van der Waals surface area contributed by atoms with Gasteiger partial charge < -0.3 is 5.11 Å². The van der Waals surface area contributed by atoms with Crippen LogP contribution in [0.1, 0.15) is 98.3 Å². The molecule has 0 spiro atoms. The third-order valence-electron chi connectivity index (χ3n) is 10.3. The molecule has 0 aromatic carbocycles. The molecule has 2 nitrogen and oxygen atoms in total. The number of hydrogen-bond acceptors (Lipinski definition) is 2. The molecule has 0 amide bonds. The second kappa shape index (κ2) is 6.33. The van der Waals surface area contributed by atoms with Crippen molar-refractivity contribution in [3.63, 3.8) is 0 Å². The second-order valence-electron chi connectivity index (χ2n) is 11.0. The molecule has 0 radical (unpaired) electrons. The Morgan fingerprint density at radius 2 is 1.77 bits per heavy atom. The van der Waals surface area contributed by atoms with E-state index in [1.54, 1.807) is 0 Å². The Labute approximate surface area is 160 Å². The molecule has 0 heterocycles. The van der Waals surface area contributed by atoms with Crippen molar-refractivity contribution in [1.29, 1.82) is 0 Å². The lowest BCUT2D eigenvalue weighted by atomic mass is 9.42. The molecule has 0 saturated heterocycles. The average molecular weight is 361 g/mol. The number of carbonyl (C=O) groups is 1. The van der Waals surface area contributed by atoms with E-state index in [2.05, 4.69) is 27.7 Å². The standard InChI is InChI=1S/C24H40O2/c1-5-6-11-24(26)13-10-20-19-8-7-17-15-18(25)14-16(2)23(17,4)21(19)9-12-22(20,24)3/h16-17,19-21,26H,5-15H2,1-4H3/t16?,17?,19-,20-,21+,22-,23-,24?/m0/s1. The molecule has 4 saturated carbocycles. The van der Waals surface area contributed by atoms with Gasteiger partial charge in [0.2, 0.25) is 0 Å². The largest absolute Gasteiger partial charge is 0.389 e. The summed E-state index contributed by atoms with van der Waals surface area (Å²) >= 11 is 0. The van der Waals surface area contributed by atoms with Gasteiger partial charge in [0.05, 0.1) is 5.60 Å². The highest BCUT2D eigenvalue weighted by atomic mass is 16.3. The minimum atomic E-state index is -0.426. The maximum absolute atomic E-state index is 12.2. The third-order valence-corrected chi connectivity index (χ3v) is 10.3. The van der Waals surface area contributed by atoms with Crippen LogP contribution in [-0.2, 0) is 4.79 Å². The molecule has 0 aromatic heterocycles. The number of carbonyl (C=O) groups excluding carboxylic acids is 1. The van der Waals surface area contributed by atoms with Crippen molar-refractivity contribution in [2.45, 2.75) is 104 Å². The average Bonchev–Trinajstić information content (AvgIpc) is 2.86. The van der Waals surface area contributed by atoms with Crippen LogP contribution in [0.3, 0.4) is 0 Å². The molecule has 4 rings (SSSR count). The summed E-state index contributed by atoms with van der Waals surface area (Å²) in [5.41, 5.74) is 0.0487. The Morgan fingerprint density at radius 3 is 2.50 bits per heavy atom. The molecule has 0 aliphatic heterocycles. The van der Waals surface area contributed by atoms with Crippen LogP contribution in [0.15, 0.2) is 0 Å². The van der Waals surface area contributed by atoms with Crippen molar-refractivity contribution in [1.82, 2.24) is 0 Å².